The van der Waals surface area contributed by atoms with E-state index in [1.54, 1.807) is 23.5 Å². The summed E-state index contributed by atoms with van der Waals surface area (Å²) in [4.78, 5) is 6.54. The predicted octanol–water partition coefficient (Wildman–Crippen LogP) is 3.15. The number of sulfone groups is 1. The Bertz CT molecular complexity index is 647. The van der Waals surface area contributed by atoms with Crippen LogP contribution < -0.4 is 0 Å². The standard InChI is InChI=1S/C12H13NO2S3/c1-9-13-7-10(17-9)8-16-11-5-3-4-6-12(11)18(2,14)15/h3-7H,8H2,1-2H3. The normalized spacial score (nSPS) is 11.7. The van der Waals surface area contributed by atoms with E-state index in [0.717, 1.165) is 20.5 Å². The van der Waals surface area contributed by atoms with Gasteiger partial charge in [0.05, 0.1) is 9.90 Å². The molecule has 96 valence electrons. The first-order valence-corrected chi connectivity index (χ1v) is 8.99. The van der Waals surface area contributed by atoms with Crippen LogP contribution in [0.4, 0.5) is 0 Å². The number of benzene rings is 1. The molecule has 3 nitrogen and oxygen atoms in total. The number of aryl methyl sites for hydroxylation is 1. The third kappa shape index (κ3) is 3.34. The zero-order valence-electron chi connectivity index (χ0n) is 10.1. The maximum Gasteiger partial charge on any atom is 0.176 e. The van der Waals surface area contributed by atoms with E-state index in [-0.39, 0.29) is 0 Å². The van der Waals surface area contributed by atoms with E-state index >= 15 is 0 Å². The Hall–Kier alpha value is -0.850. The van der Waals surface area contributed by atoms with Crippen LogP contribution in [-0.2, 0) is 15.6 Å². The third-order valence-electron chi connectivity index (χ3n) is 2.29. The minimum absolute atomic E-state index is 0.399. The van der Waals surface area contributed by atoms with Gasteiger partial charge in [-0.1, -0.05) is 12.1 Å². The number of aromatic nitrogens is 1. The minimum Gasteiger partial charge on any atom is -0.250 e. The van der Waals surface area contributed by atoms with Crippen LogP contribution in [0, 0.1) is 6.92 Å². The van der Waals surface area contributed by atoms with Gasteiger partial charge in [-0.25, -0.2) is 13.4 Å². The summed E-state index contributed by atoms with van der Waals surface area (Å²) < 4.78 is 23.3. The van der Waals surface area contributed by atoms with Gasteiger partial charge in [-0.3, -0.25) is 0 Å². The predicted molar refractivity (Wildman–Crippen MR) is 76.0 cm³/mol. The summed E-state index contributed by atoms with van der Waals surface area (Å²) in [5.74, 6) is 0.748. The van der Waals surface area contributed by atoms with Gasteiger partial charge in [0.15, 0.2) is 9.84 Å². The second-order valence-electron chi connectivity index (χ2n) is 3.85. The summed E-state index contributed by atoms with van der Waals surface area (Å²) in [7, 11) is -3.17. The molecule has 2 rings (SSSR count). The van der Waals surface area contributed by atoms with Crippen LogP contribution in [0.15, 0.2) is 40.3 Å². The van der Waals surface area contributed by atoms with Crippen LogP contribution in [0.5, 0.6) is 0 Å². The van der Waals surface area contributed by atoms with Crippen LogP contribution >= 0.6 is 23.1 Å². The van der Waals surface area contributed by atoms with Crippen molar-refractivity contribution in [1.29, 1.82) is 0 Å². The van der Waals surface area contributed by atoms with Gasteiger partial charge < -0.3 is 0 Å². The van der Waals surface area contributed by atoms with Crippen molar-refractivity contribution < 1.29 is 8.42 Å². The van der Waals surface area contributed by atoms with Gasteiger partial charge in [-0.2, -0.15) is 0 Å². The van der Waals surface area contributed by atoms with E-state index in [9.17, 15) is 8.42 Å². The average molecular weight is 299 g/mol. The Kier molecular flexibility index (Phi) is 4.09. The quantitative estimate of drug-likeness (QED) is 0.814. The van der Waals surface area contributed by atoms with Gasteiger partial charge >= 0.3 is 0 Å². The molecule has 0 aliphatic heterocycles. The summed E-state index contributed by atoms with van der Waals surface area (Å²) in [5.41, 5.74) is 0. The second kappa shape index (κ2) is 5.42. The van der Waals surface area contributed by atoms with Gasteiger partial charge in [0.1, 0.15) is 0 Å². The molecule has 0 saturated carbocycles. The van der Waals surface area contributed by atoms with Crippen LogP contribution in [0.2, 0.25) is 0 Å². The fourth-order valence-corrected chi connectivity index (χ4v) is 4.65. The van der Waals surface area contributed by atoms with E-state index in [1.807, 2.05) is 25.3 Å². The molecule has 0 N–H and O–H groups in total. The van der Waals surface area contributed by atoms with Crippen molar-refractivity contribution >= 4 is 32.9 Å². The number of thioether (sulfide) groups is 1. The molecule has 0 fully saturated rings. The van der Waals surface area contributed by atoms with Crippen molar-refractivity contribution in [3.8, 4) is 0 Å². The molecule has 6 heteroatoms. The van der Waals surface area contributed by atoms with Crippen molar-refractivity contribution in [2.24, 2.45) is 0 Å². The Balaban J connectivity index is 2.20. The minimum atomic E-state index is -3.17. The molecule has 1 aromatic carbocycles. The van der Waals surface area contributed by atoms with E-state index in [2.05, 4.69) is 4.98 Å². The highest BCUT2D eigenvalue weighted by atomic mass is 32.2. The van der Waals surface area contributed by atoms with E-state index in [4.69, 9.17) is 0 Å². The molecule has 0 atom stereocenters. The number of rotatable bonds is 4. The molecule has 0 radical (unpaired) electrons. The molecular weight excluding hydrogens is 286 g/mol. The zero-order valence-corrected chi connectivity index (χ0v) is 12.5. The Morgan fingerprint density at radius 2 is 2.06 bits per heavy atom. The van der Waals surface area contributed by atoms with Crippen LogP contribution in [0.3, 0.4) is 0 Å². The number of nitrogens with zero attached hydrogens (tertiary/aromatic N) is 1. The maximum absolute atomic E-state index is 11.6. The molecule has 0 aliphatic carbocycles. The number of hydrogen-bond acceptors (Lipinski definition) is 5. The smallest absolute Gasteiger partial charge is 0.176 e. The molecule has 0 saturated heterocycles. The van der Waals surface area contributed by atoms with Gasteiger partial charge in [-0.05, 0) is 19.1 Å². The Labute approximate surface area is 115 Å². The topological polar surface area (TPSA) is 47.0 Å². The molecule has 18 heavy (non-hydrogen) atoms. The summed E-state index contributed by atoms with van der Waals surface area (Å²) in [6, 6.07) is 7.09. The number of thiazole rings is 1. The lowest BCUT2D eigenvalue weighted by Gasteiger charge is -2.06. The van der Waals surface area contributed by atoms with Crippen molar-refractivity contribution in [1.82, 2.24) is 4.98 Å². The van der Waals surface area contributed by atoms with E-state index < -0.39 is 9.84 Å². The first-order chi connectivity index (χ1) is 8.47. The first kappa shape index (κ1) is 13.6. The molecule has 0 bridgehead atoms. The molecule has 0 amide bonds. The highest BCUT2D eigenvalue weighted by Gasteiger charge is 2.13. The summed E-state index contributed by atoms with van der Waals surface area (Å²) in [6.45, 7) is 1.96. The largest absolute Gasteiger partial charge is 0.250 e. The SMILES string of the molecule is Cc1ncc(CSc2ccccc2S(C)(=O)=O)s1. The van der Waals surface area contributed by atoms with E-state index in [1.165, 1.54) is 18.0 Å². The van der Waals surface area contributed by atoms with Crippen molar-refractivity contribution in [2.75, 3.05) is 6.26 Å². The van der Waals surface area contributed by atoms with Gasteiger partial charge in [0.2, 0.25) is 0 Å². The summed E-state index contributed by atoms with van der Waals surface area (Å²) >= 11 is 3.17. The van der Waals surface area contributed by atoms with Crippen molar-refractivity contribution in [2.45, 2.75) is 22.5 Å². The average Bonchev–Trinajstić information content (AvgIpc) is 2.72. The zero-order chi connectivity index (χ0) is 13.2. The van der Waals surface area contributed by atoms with Gasteiger partial charge in [0.25, 0.3) is 0 Å². The van der Waals surface area contributed by atoms with Crippen LogP contribution in [0.25, 0.3) is 0 Å². The van der Waals surface area contributed by atoms with Crippen LogP contribution in [-0.4, -0.2) is 19.7 Å². The van der Waals surface area contributed by atoms with Crippen molar-refractivity contribution in [3.63, 3.8) is 0 Å². The number of hydrogen-bond donors (Lipinski definition) is 0. The monoisotopic (exact) mass is 299 g/mol. The molecular formula is C12H13NO2S3. The molecule has 1 aromatic heterocycles. The lowest BCUT2D eigenvalue weighted by atomic mass is 10.4. The first-order valence-electron chi connectivity index (χ1n) is 5.30. The third-order valence-corrected chi connectivity index (χ3v) is 5.79. The fraction of sp³-hybridized carbons (Fsp3) is 0.250. The van der Waals surface area contributed by atoms with E-state index in [0.29, 0.717) is 4.90 Å². The highest BCUT2D eigenvalue weighted by molar-refractivity contribution is 7.99. The molecule has 0 unspecified atom stereocenters. The summed E-state index contributed by atoms with van der Waals surface area (Å²) in [6.07, 6.45) is 3.08. The van der Waals surface area contributed by atoms with Crippen LogP contribution in [0.1, 0.15) is 9.88 Å². The molecule has 2 aromatic rings. The highest BCUT2D eigenvalue weighted by Crippen LogP contribution is 2.30. The lowest BCUT2D eigenvalue weighted by Crippen LogP contribution is -1.98. The Morgan fingerprint density at radius 1 is 1.33 bits per heavy atom. The maximum atomic E-state index is 11.6. The molecule has 0 aliphatic rings. The summed E-state index contributed by atoms with van der Waals surface area (Å²) in [5, 5.41) is 1.03. The van der Waals surface area contributed by atoms with Gasteiger partial charge in [0, 0.05) is 28.0 Å². The second-order valence-corrected chi connectivity index (χ2v) is 8.17. The molecule has 0 spiro atoms. The van der Waals surface area contributed by atoms with Gasteiger partial charge in [-0.15, -0.1) is 23.1 Å². The fourth-order valence-electron chi connectivity index (χ4n) is 1.50. The lowest BCUT2D eigenvalue weighted by molar-refractivity contribution is 0.600. The molecule has 1 heterocycles. The van der Waals surface area contributed by atoms with Crippen molar-refractivity contribution in [3.05, 3.63) is 40.3 Å². The Morgan fingerprint density at radius 3 is 2.67 bits per heavy atom.